The molecule has 0 fully saturated rings. The number of hydrogen-bond acceptors (Lipinski definition) is 3. The first-order valence-corrected chi connectivity index (χ1v) is 6.01. The molecule has 1 N–H and O–H groups in total. The highest BCUT2D eigenvalue weighted by Gasteiger charge is 1.94. The van der Waals surface area contributed by atoms with Crippen LogP contribution in [0.2, 0.25) is 0 Å². The molecule has 13 heavy (non-hydrogen) atoms. The van der Waals surface area contributed by atoms with Gasteiger partial charge in [-0.15, -0.1) is 0 Å². The van der Waals surface area contributed by atoms with Gasteiger partial charge in [0, 0.05) is 19.3 Å². The zero-order valence-corrected chi connectivity index (χ0v) is 9.10. The van der Waals surface area contributed by atoms with Crippen molar-refractivity contribution in [2.24, 2.45) is 0 Å². The molecule has 0 saturated heterocycles. The summed E-state index contributed by atoms with van der Waals surface area (Å²) in [6, 6.07) is 0. The second kappa shape index (κ2) is 5.91. The molecule has 4 heteroatoms. The van der Waals surface area contributed by atoms with Crippen LogP contribution in [0, 0.1) is 0 Å². The third-order valence-corrected chi connectivity index (χ3v) is 2.51. The highest BCUT2D eigenvalue weighted by atomic mass is 32.2. The molecule has 1 aromatic rings. The van der Waals surface area contributed by atoms with Crippen molar-refractivity contribution >= 4 is 17.4 Å². The highest BCUT2D eigenvalue weighted by molar-refractivity contribution is 7.98. The maximum Gasteiger partial charge on any atom is 0.0726 e. The number of thioether (sulfide) groups is 1. The molecule has 0 atom stereocenters. The Bertz CT molecular complexity index is 235. The lowest BCUT2D eigenvalue weighted by molar-refractivity contribution is 0.660. The number of anilines is 1. The van der Waals surface area contributed by atoms with E-state index in [-0.39, 0.29) is 0 Å². The van der Waals surface area contributed by atoms with Crippen LogP contribution in [0.3, 0.4) is 0 Å². The Morgan fingerprint density at radius 2 is 2.46 bits per heavy atom. The van der Waals surface area contributed by atoms with Crippen LogP contribution in [0.15, 0.2) is 12.4 Å². The van der Waals surface area contributed by atoms with Crippen LogP contribution in [0.5, 0.6) is 0 Å². The van der Waals surface area contributed by atoms with Crippen LogP contribution in [-0.4, -0.2) is 28.3 Å². The molecule has 0 aliphatic rings. The van der Waals surface area contributed by atoms with Crippen LogP contribution in [0.1, 0.15) is 13.3 Å². The van der Waals surface area contributed by atoms with Gasteiger partial charge in [0.15, 0.2) is 0 Å². The zero-order valence-electron chi connectivity index (χ0n) is 8.29. The first kappa shape index (κ1) is 10.4. The number of hydrogen-bond donors (Lipinski definition) is 1. The van der Waals surface area contributed by atoms with Crippen molar-refractivity contribution in [1.29, 1.82) is 0 Å². The minimum absolute atomic E-state index is 0.937. The van der Waals surface area contributed by atoms with Gasteiger partial charge in [-0.25, -0.2) is 0 Å². The number of rotatable bonds is 6. The second-order valence-corrected chi connectivity index (χ2v) is 3.84. The third-order valence-electron chi connectivity index (χ3n) is 1.81. The van der Waals surface area contributed by atoms with Gasteiger partial charge in [-0.2, -0.15) is 16.9 Å². The van der Waals surface area contributed by atoms with E-state index in [4.69, 9.17) is 0 Å². The van der Waals surface area contributed by atoms with Crippen molar-refractivity contribution in [1.82, 2.24) is 9.78 Å². The monoisotopic (exact) mass is 199 g/mol. The molecule has 3 nitrogen and oxygen atoms in total. The van der Waals surface area contributed by atoms with Gasteiger partial charge in [-0.05, 0) is 25.4 Å². The van der Waals surface area contributed by atoms with Crippen LogP contribution in [-0.2, 0) is 6.54 Å². The predicted molar refractivity (Wildman–Crippen MR) is 59.4 cm³/mol. The fourth-order valence-corrected chi connectivity index (χ4v) is 1.51. The van der Waals surface area contributed by atoms with E-state index in [1.54, 1.807) is 0 Å². The van der Waals surface area contributed by atoms with Crippen molar-refractivity contribution < 1.29 is 0 Å². The molecule has 1 heterocycles. The number of nitrogens with one attached hydrogen (secondary N) is 1. The minimum Gasteiger partial charge on any atom is -0.382 e. The first-order valence-electron chi connectivity index (χ1n) is 4.62. The Morgan fingerprint density at radius 3 is 3.08 bits per heavy atom. The van der Waals surface area contributed by atoms with Crippen molar-refractivity contribution in [3.8, 4) is 0 Å². The van der Waals surface area contributed by atoms with E-state index in [9.17, 15) is 0 Å². The highest BCUT2D eigenvalue weighted by Crippen LogP contribution is 2.05. The smallest absolute Gasteiger partial charge is 0.0726 e. The maximum atomic E-state index is 4.18. The number of aromatic nitrogens is 2. The first-order chi connectivity index (χ1) is 6.36. The molecule has 0 bridgehead atoms. The zero-order chi connectivity index (χ0) is 9.52. The summed E-state index contributed by atoms with van der Waals surface area (Å²) in [4.78, 5) is 0. The average Bonchev–Trinajstić information content (AvgIpc) is 2.60. The molecule has 74 valence electrons. The minimum atomic E-state index is 0.937. The summed E-state index contributed by atoms with van der Waals surface area (Å²) in [6.07, 6.45) is 7.26. The topological polar surface area (TPSA) is 29.9 Å². The van der Waals surface area contributed by atoms with Gasteiger partial charge in [0.05, 0.1) is 11.9 Å². The lowest BCUT2D eigenvalue weighted by atomic mass is 10.4. The summed E-state index contributed by atoms with van der Waals surface area (Å²) >= 11 is 1.89. The second-order valence-electron chi connectivity index (χ2n) is 2.86. The van der Waals surface area contributed by atoms with Gasteiger partial charge in [-0.1, -0.05) is 0 Å². The van der Waals surface area contributed by atoms with Gasteiger partial charge in [-0.3, -0.25) is 4.68 Å². The molecule has 0 spiro atoms. The van der Waals surface area contributed by atoms with Crippen LogP contribution in [0.25, 0.3) is 0 Å². The summed E-state index contributed by atoms with van der Waals surface area (Å²) < 4.78 is 1.93. The summed E-state index contributed by atoms with van der Waals surface area (Å²) in [5.74, 6) is 1.22. The predicted octanol–water partition coefficient (Wildman–Crippen LogP) is 2.07. The Kier molecular flexibility index (Phi) is 4.75. The summed E-state index contributed by atoms with van der Waals surface area (Å²) in [5, 5.41) is 7.52. The third kappa shape index (κ3) is 3.72. The van der Waals surface area contributed by atoms with Gasteiger partial charge in [0.25, 0.3) is 0 Å². The quantitative estimate of drug-likeness (QED) is 0.711. The normalized spacial score (nSPS) is 10.3. The molecule has 1 aromatic heterocycles. The number of aryl methyl sites for hydroxylation is 1. The van der Waals surface area contributed by atoms with E-state index in [0.29, 0.717) is 0 Å². The Balaban J connectivity index is 2.20. The van der Waals surface area contributed by atoms with Crippen LogP contribution < -0.4 is 5.32 Å². The van der Waals surface area contributed by atoms with E-state index >= 15 is 0 Å². The summed E-state index contributed by atoms with van der Waals surface area (Å²) in [6.45, 7) is 4.06. The fraction of sp³-hybridized carbons (Fsp3) is 0.667. The van der Waals surface area contributed by atoms with Crippen molar-refractivity contribution in [2.45, 2.75) is 19.9 Å². The summed E-state index contributed by atoms with van der Waals surface area (Å²) in [7, 11) is 0. The van der Waals surface area contributed by atoms with E-state index in [0.717, 1.165) is 18.8 Å². The van der Waals surface area contributed by atoms with Gasteiger partial charge >= 0.3 is 0 Å². The lowest BCUT2D eigenvalue weighted by Gasteiger charge is -2.01. The molecule has 1 rings (SSSR count). The van der Waals surface area contributed by atoms with Crippen LogP contribution >= 0.6 is 11.8 Å². The lowest BCUT2D eigenvalue weighted by Crippen LogP contribution is -2.01. The molecule has 0 unspecified atom stereocenters. The Hall–Kier alpha value is -0.640. The van der Waals surface area contributed by atoms with E-state index < -0.39 is 0 Å². The van der Waals surface area contributed by atoms with Gasteiger partial charge in [0.2, 0.25) is 0 Å². The van der Waals surface area contributed by atoms with E-state index in [1.807, 2.05) is 28.8 Å². The molecule has 0 aliphatic carbocycles. The summed E-state index contributed by atoms with van der Waals surface area (Å²) in [5.41, 5.74) is 1.13. The van der Waals surface area contributed by atoms with Gasteiger partial charge in [0.1, 0.15) is 0 Å². The van der Waals surface area contributed by atoms with E-state index in [1.165, 1.54) is 12.2 Å². The molecule has 0 saturated carbocycles. The SMILES string of the molecule is CCn1cc(NCCCSC)cn1. The average molecular weight is 199 g/mol. The van der Waals surface area contributed by atoms with Crippen molar-refractivity contribution in [3.63, 3.8) is 0 Å². The molecule has 0 aromatic carbocycles. The fourth-order valence-electron chi connectivity index (χ4n) is 1.08. The maximum absolute atomic E-state index is 4.18. The molecular formula is C9H17N3S. The standard InChI is InChI=1S/C9H17N3S/c1-3-12-8-9(7-11-12)10-5-4-6-13-2/h7-8,10H,3-6H2,1-2H3. The molecule has 0 aliphatic heterocycles. The Labute approximate surface area is 83.9 Å². The van der Waals surface area contributed by atoms with E-state index in [2.05, 4.69) is 23.6 Å². The van der Waals surface area contributed by atoms with Crippen LogP contribution in [0.4, 0.5) is 5.69 Å². The van der Waals surface area contributed by atoms with Crippen molar-refractivity contribution in [2.75, 3.05) is 23.9 Å². The Morgan fingerprint density at radius 1 is 1.62 bits per heavy atom. The molecule has 0 amide bonds. The largest absolute Gasteiger partial charge is 0.382 e. The molecule has 0 radical (unpaired) electrons. The van der Waals surface area contributed by atoms with Gasteiger partial charge < -0.3 is 5.32 Å². The molecular weight excluding hydrogens is 182 g/mol. The number of nitrogens with zero attached hydrogens (tertiary/aromatic N) is 2. The van der Waals surface area contributed by atoms with Crippen molar-refractivity contribution in [3.05, 3.63) is 12.4 Å².